The molecule has 0 saturated carbocycles. The number of rotatable bonds is 8. The molecular weight excluding hydrogens is 478 g/mol. The molecule has 1 saturated heterocycles. The topological polar surface area (TPSA) is 175 Å². The minimum Gasteiger partial charge on any atom is -0.463 e. The summed E-state index contributed by atoms with van der Waals surface area (Å²) in [7, 11) is 1.54. The number of nitro groups is 1. The van der Waals surface area contributed by atoms with Crippen LogP contribution in [0.1, 0.15) is 33.5 Å². The van der Waals surface area contributed by atoms with Crippen molar-refractivity contribution in [2.75, 3.05) is 6.61 Å². The monoisotopic (exact) mass is 503 g/mol. The molecule has 0 spiro atoms. The predicted octanol–water partition coefficient (Wildman–Crippen LogP) is 0.812. The number of carbonyl (C=O) groups excluding carboxylic acids is 4. The number of thioether (sulfide) groups is 1. The van der Waals surface area contributed by atoms with Gasteiger partial charge in [0.05, 0.1) is 0 Å². The molecule has 0 radical (unpaired) electrons. The summed E-state index contributed by atoms with van der Waals surface area (Å²) in [5, 5.41) is 11.6. The summed E-state index contributed by atoms with van der Waals surface area (Å²) < 4.78 is 28.4. The Balaban J connectivity index is 2.56. The third kappa shape index (κ3) is 6.66. The maximum atomic E-state index is 11.9. The molecule has 0 aromatic carbocycles. The predicted molar refractivity (Wildman–Crippen MR) is 112 cm³/mol. The minimum atomic E-state index is -1.37. The van der Waals surface area contributed by atoms with Crippen LogP contribution in [0.25, 0.3) is 0 Å². The lowest BCUT2D eigenvalue weighted by atomic mass is 9.99. The van der Waals surface area contributed by atoms with E-state index in [4.69, 9.17) is 23.7 Å². The quantitative estimate of drug-likeness (QED) is 0.211. The summed E-state index contributed by atoms with van der Waals surface area (Å²) in [5.74, 6) is -3.09. The summed E-state index contributed by atoms with van der Waals surface area (Å²) in [4.78, 5) is 61.7. The van der Waals surface area contributed by atoms with Gasteiger partial charge < -0.3 is 33.8 Å². The van der Waals surface area contributed by atoms with Gasteiger partial charge in [-0.3, -0.25) is 23.7 Å². The van der Waals surface area contributed by atoms with E-state index in [0.717, 1.165) is 39.5 Å². The average Bonchev–Trinajstić information content (AvgIpc) is 2.98. The molecule has 188 valence electrons. The summed E-state index contributed by atoms with van der Waals surface area (Å²) in [6.07, 6.45) is -5.19. The van der Waals surface area contributed by atoms with E-state index < -0.39 is 71.1 Å². The normalized spacial score (nSPS) is 24.1. The van der Waals surface area contributed by atoms with Crippen LogP contribution in [0.15, 0.2) is 5.03 Å². The maximum absolute atomic E-state index is 11.9. The number of carbonyl (C=O) groups is 4. The lowest BCUT2D eigenvalue weighted by Gasteiger charge is -2.44. The number of esters is 4. The van der Waals surface area contributed by atoms with Crippen LogP contribution in [0.5, 0.6) is 0 Å². The Kier molecular flexibility index (Phi) is 8.98. The van der Waals surface area contributed by atoms with Crippen molar-refractivity contribution in [2.45, 2.75) is 69.5 Å². The average molecular weight is 503 g/mol. The molecule has 15 heteroatoms. The van der Waals surface area contributed by atoms with Crippen LogP contribution < -0.4 is 0 Å². The van der Waals surface area contributed by atoms with Crippen molar-refractivity contribution in [1.82, 2.24) is 9.55 Å². The van der Waals surface area contributed by atoms with Gasteiger partial charge in [-0.25, -0.2) is 0 Å². The van der Waals surface area contributed by atoms with Gasteiger partial charge in [-0.05, 0) is 9.91 Å². The van der Waals surface area contributed by atoms with E-state index in [9.17, 15) is 29.3 Å². The van der Waals surface area contributed by atoms with Gasteiger partial charge in [0.15, 0.2) is 28.8 Å². The summed E-state index contributed by atoms with van der Waals surface area (Å²) >= 11 is 0.794. The Morgan fingerprint density at radius 2 is 1.53 bits per heavy atom. The highest BCUT2D eigenvalue weighted by atomic mass is 32.2. The van der Waals surface area contributed by atoms with Crippen molar-refractivity contribution in [1.29, 1.82) is 0 Å². The van der Waals surface area contributed by atoms with Crippen LogP contribution in [-0.4, -0.2) is 74.8 Å². The molecule has 34 heavy (non-hydrogen) atoms. The van der Waals surface area contributed by atoms with Gasteiger partial charge in [-0.2, -0.15) is 0 Å². The molecule has 5 atom stereocenters. The van der Waals surface area contributed by atoms with Crippen LogP contribution in [0.4, 0.5) is 5.82 Å². The molecule has 1 aliphatic rings. The van der Waals surface area contributed by atoms with Gasteiger partial charge >= 0.3 is 29.7 Å². The smallest absolute Gasteiger partial charge is 0.396 e. The summed E-state index contributed by atoms with van der Waals surface area (Å²) in [6, 6.07) is 0. The van der Waals surface area contributed by atoms with Crippen molar-refractivity contribution >= 4 is 41.5 Å². The molecule has 0 unspecified atom stereocenters. The molecule has 14 nitrogen and oxygen atoms in total. The van der Waals surface area contributed by atoms with Crippen LogP contribution in [0.3, 0.4) is 0 Å². The van der Waals surface area contributed by atoms with Gasteiger partial charge in [0.2, 0.25) is 5.82 Å². The Labute approximate surface area is 198 Å². The van der Waals surface area contributed by atoms with Gasteiger partial charge in [0, 0.05) is 41.7 Å². The Morgan fingerprint density at radius 1 is 1.00 bits per heavy atom. The first-order chi connectivity index (χ1) is 15.8. The van der Waals surface area contributed by atoms with Gasteiger partial charge in [0.1, 0.15) is 12.7 Å². The molecule has 2 rings (SSSR count). The lowest BCUT2D eigenvalue weighted by Crippen LogP contribution is -2.61. The Morgan fingerprint density at radius 3 is 2.03 bits per heavy atom. The second-order valence-electron chi connectivity index (χ2n) is 7.29. The molecule has 1 aromatic heterocycles. The van der Waals surface area contributed by atoms with E-state index in [1.54, 1.807) is 14.0 Å². The van der Waals surface area contributed by atoms with Crippen molar-refractivity contribution < 1.29 is 47.8 Å². The second-order valence-corrected chi connectivity index (χ2v) is 8.38. The van der Waals surface area contributed by atoms with E-state index in [1.165, 1.54) is 4.57 Å². The second kappa shape index (κ2) is 11.3. The fourth-order valence-electron chi connectivity index (χ4n) is 3.22. The standard InChI is InChI=1S/C19H25N3O11S/c1-8-20-17(22(27)28)18(21(8)6)34-19-16(32-12(5)26)15(31-11(4)25)14(30-10(3)24)13(33-19)7-29-9(2)23/h13-16,19H,7H2,1-6H3/t13-,14-,15+,16-,19+/m1/s1. The summed E-state index contributed by atoms with van der Waals surface area (Å²) in [6.45, 7) is 5.63. The highest BCUT2D eigenvalue weighted by molar-refractivity contribution is 7.99. The molecule has 0 N–H and O–H groups in total. The molecule has 1 aromatic rings. The van der Waals surface area contributed by atoms with E-state index in [1.807, 2.05) is 0 Å². The highest BCUT2D eigenvalue weighted by Gasteiger charge is 2.53. The van der Waals surface area contributed by atoms with Gasteiger partial charge in [0.25, 0.3) is 0 Å². The number of hydrogen-bond donors (Lipinski definition) is 0. The summed E-state index contributed by atoms with van der Waals surface area (Å²) in [5.41, 5.74) is -1.20. The fourth-order valence-corrected chi connectivity index (χ4v) is 4.50. The fraction of sp³-hybridized carbons (Fsp3) is 0.632. The van der Waals surface area contributed by atoms with Crippen LogP contribution in [0.2, 0.25) is 0 Å². The first kappa shape index (κ1) is 27.0. The van der Waals surface area contributed by atoms with Gasteiger partial charge in [-0.1, -0.05) is 11.8 Å². The third-order valence-electron chi connectivity index (χ3n) is 4.60. The van der Waals surface area contributed by atoms with E-state index in [-0.39, 0.29) is 5.03 Å². The molecule has 2 heterocycles. The van der Waals surface area contributed by atoms with E-state index in [0.29, 0.717) is 5.82 Å². The lowest BCUT2D eigenvalue weighted by molar-refractivity contribution is -0.392. The number of ether oxygens (including phenoxy) is 5. The molecule has 1 aliphatic heterocycles. The third-order valence-corrected chi connectivity index (χ3v) is 5.89. The molecular formula is C19H25N3O11S. The number of aromatic nitrogens is 2. The molecule has 0 aliphatic carbocycles. The van der Waals surface area contributed by atoms with E-state index in [2.05, 4.69) is 4.98 Å². The van der Waals surface area contributed by atoms with Crippen molar-refractivity contribution in [2.24, 2.45) is 7.05 Å². The van der Waals surface area contributed by atoms with E-state index >= 15 is 0 Å². The zero-order valence-electron chi connectivity index (χ0n) is 19.3. The Hall–Kier alpha value is -3.20. The van der Waals surface area contributed by atoms with Gasteiger partial charge in [-0.15, -0.1) is 0 Å². The van der Waals surface area contributed by atoms with Crippen LogP contribution in [0, 0.1) is 17.0 Å². The maximum Gasteiger partial charge on any atom is 0.396 e. The van der Waals surface area contributed by atoms with Crippen LogP contribution in [-0.2, 0) is 49.9 Å². The van der Waals surface area contributed by atoms with Crippen molar-refractivity contribution in [3.63, 3.8) is 0 Å². The zero-order valence-corrected chi connectivity index (χ0v) is 20.2. The molecule has 0 bridgehead atoms. The van der Waals surface area contributed by atoms with Crippen LogP contribution >= 0.6 is 11.8 Å². The first-order valence-corrected chi connectivity index (χ1v) is 10.8. The Bertz CT molecular complexity index is 979. The zero-order chi connectivity index (χ0) is 25.7. The highest BCUT2D eigenvalue weighted by Crippen LogP contribution is 2.40. The minimum absolute atomic E-state index is 0.0726. The molecule has 1 fully saturated rings. The number of hydrogen-bond acceptors (Lipinski definition) is 13. The number of aryl methyl sites for hydroxylation is 1. The first-order valence-electron chi connectivity index (χ1n) is 9.96. The van der Waals surface area contributed by atoms with Crippen molar-refractivity contribution in [3.8, 4) is 0 Å². The van der Waals surface area contributed by atoms with Crippen molar-refractivity contribution in [3.05, 3.63) is 15.9 Å². The SMILES string of the molecule is CC(=O)OC[C@H]1O[C@@H](Sc2c([N+](=O)[O-])nc(C)n2C)[C@H](OC(C)=O)[C@@H](OC(C)=O)[C@@H]1OC(C)=O. The number of imidazole rings is 1. The largest absolute Gasteiger partial charge is 0.463 e. The number of nitrogens with zero attached hydrogens (tertiary/aromatic N) is 3. The molecule has 0 amide bonds.